The predicted octanol–water partition coefficient (Wildman–Crippen LogP) is 2.12. The highest BCUT2D eigenvalue weighted by Crippen LogP contribution is 2.23. The number of hydrogen-bond donors (Lipinski definition) is 2. The van der Waals surface area contributed by atoms with Crippen molar-refractivity contribution in [3.63, 3.8) is 0 Å². The van der Waals surface area contributed by atoms with Crippen LogP contribution < -0.4 is 10.5 Å². The second-order valence-corrected chi connectivity index (χ2v) is 6.54. The molecule has 0 aliphatic rings. The third-order valence-corrected chi connectivity index (χ3v) is 4.10. The Morgan fingerprint density at radius 2 is 1.90 bits per heavy atom. The molecule has 0 fully saturated rings. The second-order valence-electron chi connectivity index (χ2n) is 4.81. The molecule has 108 valence electrons. The SMILES string of the molecule is Cc1cc(CS(=O)(=O)Nc2cc(N)c(C)cc2C)no1. The summed E-state index contributed by atoms with van der Waals surface area (Å²) in [6, 6.07) is 5.05. The van der Waals surface area contributed by atoms with Crippen LogP contribution in [0.5, 0.6) is 0 Å². The van der Waals surface area contributed by atoms with E-state index < -0.39 is 10.0 Å². The van der Waals surface area contributed by atoms with Crippen molar-refractivity contribution >= 4 is 21.4 Å². The minimum atomic E-state index is -3.55. The Morgan fingerprint density at radius 3 is 2.50 bits per heavy atom. The van der Waals surface area contributed by atoms with Crippen molar-refractivity contribution in [2.45, 2.75) is 26.5 Å². The van der Waals surface area contributed by atoms with Crippen LogP contribution in [0.1, 0.15) is 22.6 Å². The highest BCUT2D eigenvalue weighted by molar-refractivity contribution is 7.91. The zero-order valence-electron chi connectivity index (χ0n) is 11.6. The molecular formula is C13H17N3O3S. The summed E-state index contributed by atoms with van der Waals surface area (Å²) in [5.41, 5.74) is 8.93. The first-order chi connectivity index (χ1) is 9.27. The molecule has 0 aliphatic carbocycles. The summed E-state index contributed by atoms with van der Waals surface area (Å²) in [4.78, 5) is 0. The van der Waals surface area contributed by atoms with Crippen molar-refractivity contribution < 1.29 is 12.9 Å². The Labute approximate surface area is 118 Å². The van der Waals surface area contributed by atoms with Gasteiger partial charge in [-0.1, -0.05) is 11.2 Å². The molecule has 1 aromatic heterocycles. The van der Waals surface area contributed by atoms with Gasteiger partial charge in [0.05, 0.1) is 5.69 Å². The first-order valence-electron chi connectivity index (χ1n) is 6.06. The molecule has 0 atom stereocenters. The molecular weight excluding hydrogens is 278 g/mol. The number of rotatable bonds is 4. The van der Waals surface area contributed by atoms with Gasteiger partial charge >= 0.3 is 0 Å². The summed E-state index contributed by atoms with van der Waals surface area (Å²) >= 11 is 0. The topological polar surface area (TPSA) is 98.2 Å². The fourth-order valence-electron chi connectivity index (χ4n) is 1.86. The molecule has 2 aromatic rings. The van der Waals surface area contributed by atoms with Crippen LogP contribution in [-0.4, -0.2) is 13.6 Å². The second kappa shape index (κ2) is 5.16. The molecule has 2 rings (SSSR count). The summed E-state index contributed by atoms with van der Waals surface area (Å²) in [5.74, 6) is 0.336. The van der Waals surface area contributed by atoms with Gasteiger partial charge in [0.1, 0.15) is 17.2 Å². The maximum Gasteiger partial charge on any atom is 0.238 e. The number of nitrogens with two attached hydrogens (primary N) is 1. The number of hydrogen-bond acceptors (Lipinski definition) is 5. The average molecular weight is 295 g/mol. The highest BCUT2D eigenvalue weighted by atomic mass is 32.2. The predicted molar refractivity (Wildman–Crippen MR) is 77.8 cm³/mol. The average Bonchev–Trinajstić information content (AvgIpc) is 2.70. The minimum absolute atomic E-state index is 0.239. The Hall–Kier alpha value is -2.02. The Balaban J connectivity index is 2.22. The normalized spacial score (nSPS) is 11.6. The summed E-state index contributed by atoms with van der Waals surface area (Å²) < 4.78 is 31.6. The van der Waals surface area contributed by atoms with E-state index in [0.29, 0.717) is 22.8 Å². The largest absolute Gasteiger partial charge is 0.398 e. The van der Waals surface area contributed by atoms with Gasteiger partial charge in [-0.3, -0.25) is 4.72 Å². The van der Waals surface area contributed by atoms with Crippen molar-refractivity contribution in [2.24, 2.45) is 0 Å². The van der Waals surface area contributed by atoms with E-state index in [1.165, 1.54) is 0 Å². The zero-order valence-corrected chi connectivity index (χ0v) is 12.4. The molecule has 1 heterocycles. The van der Waals surface area contributed by atoms with Crippen molar-refractivity contribution in [2.75, 3.05) is 10.5 Å². The molecule has 0 radical (unpaired) electrons. The lowest BCUT2D eigenvalue weighted by Gasteiger charge is -2.12. The molecule has 0 saturated carbocycles. The number of nitrogens with one attached hydrogen (secondary N) is 1. The van der Waals surface area contributed by atoms with Crippen molar-refractivity contribution in [3.8, 4) is 0 Å². The molecule has 3 N–H and O–H groups in total. The lowest BCUT2D eigenvalue weighted by molar-refractivity contribution is 0.392. The maximum absolute atomic E-state index is 12.1. The van der Waals surface area contributed by atoms with Gasteiger partial charge in [-0.25, -0.2) is 8.42 Å². The van der Waals surface area contributed by atoms with Crippen LogP contribution in [0.3, 0.4) is 0 Å². The van der Waals surface area contributed by atoms with E-state index in [1.807, 2.05) is 19.9 Å². The number of aromatic nitrogens is 1. The zero-order chi connectivity index (χ0) is 14.9. The molecule has 0 unspecified atom stereocenters. The number of nitrogen functional groups attached to an aromatic ring is 1. The van der Waals surface area contributed by atoms with Gasteiger partial charge in [-0.2, -0.15) is 0 Å². The number of benzene rings is 1. The highest BCUT2D eigenvalue weighted by Gasteiger charge is 2.16. The van der Waals surface area contributed by atoms with Gasteiger partial charge in [0.15, 0.2) is 0 Å². The van der Waals surface area contributed by atoms with E-state index in [2.05, 4.69) is 9.88 Å². The molecule has 7 heteroatoms. The smallest absolute Gasteiger partial charge is 0.238 e. The Morgan fingerprint density at radius 1 is 1.20 bits per heavy atom. The number of anilines is 2. The monoisotopic (exact) mass is 295 g/mol. The summed E-state index contributed by atoms with van der Waals surface area (Å²) in [6.45, 7) is 5.41. The summed E-state index contributed by atoms with van der Waals surface area (Å²) in [7, 11) is -3.55. The third-order valence-electron chi connectivity index (χ3n) is 2.89. The molecule has 0 spiro atoms. The Kier molecular flexibility index (Phi) is 3.71. The van der Waals surface area contributed by atoms with Gasteiger partial charge in [0.25, 0.3) is 0 Å². The lowest BCUT2D eigenvalue weighted by Crippen LogP contribution is -2.16. The van der Waals surface area contributed by atoms with Crippen molar-refractivity contribution in [1.82, 2.24) is 5.16 Å². The lowest BCUT2D eigenvalue weighted by atomic mass is 10.1. The van der Waals surface area contributed by atoms with E-state index in [4.69, 9.17) is 10.3 Å². The van der Waals surface area contributed by atoms with Crippen LogP contribution in [0.2, 0.25) is 0 Å². The standard InChI is InChI=1S/C13H17N3O3S/c1-8-4-9(2)13(6-12(8)14)16-20(17,18)7-11-5-10(3)19-15-11/h4-6,16H,7,14H2,1-3H3. The number of nitrogens with zero attached hydrogens (tertiary/aromatic N) is 1. The fraction of sp³-hybridized carbons (Fsp3) is 0.308. The van der Waals surface area contributed by atoms with E-state index in [-0.39, 0.29) is 5.75 Å². The van der Waals surface area contributed by atoms with Gasteiger partial charge in [-0.05, 0) is 38.0 Å². The van der Waals surface area contributed by atoms with Crippen LogP contribution in [0.15, 0.2) is 22.7 Å². The van der Waals surface area contributed by atoms with Crippen molar-refractivity contribution in [3.05, 3.63) is 40.8 Å². The van der Waals surface area contributed by atoms with E-state index in [1.54, 1.807) is 19.1 Å². The fourth-order valence-corrected chi connectivity index (χ4v) is 3.02. The molecule has 0 aliphatic heterocycles. The van der Waals surface area contributed by atoms with Crippen LogP contribution in [0.25, 0.3) is 0 Å². The van der Waals surface area contributed by atoms with Crippen LogP contribution >= 0.6 is 0 Å². The quantitative estimate of drug-likeness (QED) is 0.842. The molecule has 0 amide bonds. The molecule has 20 heavy (non-hydrogen) atoms. The first kappa shape index (κ1) is 14.4. The number of aryl methyl sites for hydroxylation is 3. The van der Waals surface area contributed by atoms with E-state index in [0.717, 1.165) is 11.1 Å². The summed E-state index contributed by atoms with van der Waals surface area (Å²) in [5, 5.41) is 3.68. The van der Waals surface area contributed by atoms with Crippen molar-refractivity contribution in [1.29, 1.82) is 0 Å². The minimum Gasteiger partial charge on any atom is -0.398 e. The van der Waals surface area contributed by atoms with Crippen LogP contribution in [0.4, 0.5) is 11.4 Å². The maximum atomic E-state index is 12.1. The van der Waals surface area contributed by atoms with Gasteiger partial charge in [0, 0.05) is 11.8 Å². The molecule has 0 saturated heterocycles. The first-order valence-corrected chi connectivity index (χ1v) is 7.71. The van der Waals surface area contributed by atoms with E-state index in [9.17, 15) is 8.42 Å². The summed E-state index contributed by atoms with van der Waals surface area (Å²) in [6.07, 6.45) is 0. The number of sulfonamides is 1. The Bertz CT molecular complexity index is 735. The third kappa shape index (κ3) is 3.30. The van der Waals surface area contributed by atoms with Gasteiger partial charge in [0.2, 0.25) is 10.0 Å². The van der Waals surface area contributed by atoms with Gasteiger partial charge < -0.3 is 10.3 Å². The molecule has 1 aromatic carbocycles. The van der Waals surface area contributed by atoms with E-state index >= 15 is 0 Å². The van der Waals surface area contributed by atoms with Gasteiger partial charge in [-0.15, -0.1) is 0 Å². The molecule has 0 bridgehead atoms. The molecule has 6 nitrogen and oxygen atoms in total. The van der Waals surface area contributed by atoms with Crippen LogP contribution in [-0.2, 0) is 15.8 Å². The van der Waals surface area contributed by atoms with Crippen LogP contribution in [0, 0.1) is 20.8 Å².